The third kappa shape index (κ3) is 2.94. The van der Waals surface area contributed by atoms with E-state index in [1.165, 1.54) is 6.07 Å². The lowest BCUT2D eigenvalue weighted by atomic mass is 9.87. The van der Waals surface area contributed by atoms with Crippen LogP contribution in [0.2, 0.25) is 0 Å². The summed E-state index contributed by atoms with van der Waals surface area (Å²) in [7, 11) is 0. The average Bonchev–Trinajstić information content (AvgIpc) is 2.45. The van der Waals surface area contributed by atoms with Crippen molar-refractivity contribution in [3.8, 4) is 0 Å². The quantitative estimate of drug-likeness (QED) is 0.919. The van der Waals surface area contributed by atoms with Gasteiger partial charge < -0.3 is 15.0 Å². The van der Waals surface area contributed by atoms with E-state index in [9.17, 15) is 9.18 Å². The van der Waals surface area contributed by atoms with Crippen LogP contribution in [0.15, 0.2) is 24.3 Å². The van der Waals surface area contributed by atoms with E-state index in [4.69, 9.17) is 4.74 Å². The molecule has 1 aromatic rings. The Morgan fingerprint density at radius 2 is 2.19 bits per heavy atom. The van der Waals surface area contributed by atoms with Gasteiger partial charge in [0.1, 0.15) is 11.9 Å². The summed E-state index contributed by atoms with van der Waals surface area (Å²) in [5, 5.41) is 3.20. The Morgan fingerprint density at radius 1 is 1.43 bits per heavy atom. The zero-order chi connectivity index (χ0) is 14.8. The monoisotopic (exact) mass is 292 g/mol. The molecule has 2 atom stereocenters. The summed E-state index contributed by atoms with van der Waals surface area (Å²) in [4.78, 5) is 14.4. The molecule has 0 aromatic heterocycles. The zero-order valence-electron chi connectivity index (χ0n) is 12.2. The molecule has 1 amide bonds. The maximum Gasteiger partial charge on any atom is 0.225 e. The van der Waals surface area contributed by atoms with E-state index in [0.29, 0.717) is 31.2 Å². The van der Waals surface area contributed by atoms with E-state index in [2.05, 4.69) is 5.32 Å². The van der Waals surface area contributed by atoms with Gasteiger partial charge in [-0.1, -0.05) is 25.1 Å². The second-order valence-corrected chi connectivity index (χ2v) is 5.87. The van der Waals surface area contributed by atoms with Gasteiger partial charge in [0.05, 0.1) is 13.2 Å². The highest BCUT2D eigenvalue weighted by molar-refractivity contribution is 5.79. The standard InChI is InChI=1S/C16H21FN2O2/c1-11(12-8-18-9-12)16(20)19-6-7-21-15(10-19)13-4-2-3-5-14(13)17/h2-5,11-12,15,18H,6-10H2,1H3. The molecule has 2 saturated heterocycles. The van der Waals surface area contributed by atoms with E-state index in [-0.39, 0.29) is 23.7 Å². The average molecular weight is 292 g/mol. The van der Waals surface area contributed by atoms with Gasteiger partial charge >= 0.3 is 0 Å². The molecule has 0 spiro atoms. The number of morpholine rings is 1. The van der Waals surface area contributed by atoms with Crippen LogP contribution in [0.3, 0.4) is 0 Å². The maximum absolute atomic E-state index is 13.9. The Morgan fingerprint density at radius 3 is 2.86 bits per heavy atom. The lowest BCUT2D eigenvalue weighted by molar-refractivity contribution is -0.145. The highest BCUT2D eigenvalue weighted by atomic mass is 19.1. The minimum Gasteiger partial charge on any atom is -0.370 e. The third-order valence-corrected chi connectivity index (χ3v) is 4.54. The molecule has 21 heavy (non-hydrogen) atoms. The van der Waals surface area contributed by atoms with Crippen LogP contribution in [-0.2, 0) is 9.53 Å². The maximum atomic E-state index is 13.9. The highest BCUT2D eigenvalue weighted by Gasteiger charge is 2.34. The molecule has 0 aliphatic carbocycles. The number of carbonyl (C=O) groups is 1. The first kappa shape index (κ1) is 14.5. The number of nitrogens with one attached hydrogen (secondary N) is 1. The molecule has 2 fully saturated rings. The summed E-state index contributed by atoms with van der Waals surface area (Å²) >= 11 is 0. The fraction of sp³-hybridized carbons (Fsp3) is 0.562. The van der Waals surface area contributed by atoms with Crippen molar-refractivity contribution < 1.29 is 13.9 Å². The van der Waals surface area contributed by atoms with Crippen molar-refractivity contribution in [2.24, 2.45) is 11.8 Å². The Labute approximate surface area is 124 Å². The van der Waals surface area contributed by atoms with Crippen LogP contribution >= 0.6 is 0 Å². The summed E-state index contributed by atoms with van der Waals surface area (Å²) < 4.78 is 19.5. The Kier molecular flexibility index (Phi) is 4.22. The number of hydrogen-bond donors (Lipinski definition) is 1. The number of ether oxygens (including phenoxy) is 1. The van der Waals surface area contributed by atoms with Crippen LogP contribution in [0, 0.1) is 17.7 Å². The lowest BCUT2D eigenvalue weighted by Gasteiger charge is -2.38. The SMILES string of the molecule is CC(C(=O)N1CCOC(c2ccccc2F)C1)C1CNC1. The predicted octanol–water partition coefficient (Wildman–Crippen LogP) is 1.58. The van der Waals surface area contributed by atoms with Crippen LogP contribution < -0.4 is 5.32 Å². The van der Waals surface area contributed by atoms with Crippen LogP contribution in [0.25, 0.3) is 0 Å². The Hall–Kier alpha value is -1.46. The fourth-order valence-corrected chi connectivity index (χ4v) is 2.93. The molecule has 3 rings (SSSR count). The molecule has 5 heteroatoms. The first-order valence-corrected chi connectivity index (χ1v) is 7.52. The van der Waals surface area contributed by atoms with Crippen molar-refractivity contribution in [1.82, 2.24) is 10.2 Å². The topological polar surface area (TPSA) is 41.6 Å². The van der Waals surface area contributed by atoms with E-state index in [1.807, 2.05) is 11.8 Å². The van der Waals surface area contributed by atoms with Crippen molar-refractivity contribution in [2.45, 2.75) is 13.0 Å². The highest BCUT2D eigenvalue weighted by Crippen LogP contribution is 2.26. The molecular formula is C16H21FN2O2. The zero-order valence-corrected chi connectivity index (χ0v) is 12.2. The van der Waals surface area contributed by atoms with E-state index in [1.54, 1.807) is 18.2 Å². The molecule has 114 valence electrons. The van der Waals surface area contributed by atoms with Gasteiger partial charge in [0, 0.05) is 18.0 Å². The molecule has 0 bridgehead atoms. The van der Waals surface area contributed by atoms with Gasteiger partial charge in [0.2, 0.25) is 5.91 Å². The van der Waals surface area contributed by atoms with E-state index < -0.39 is 0 Å². The molecule has 4 nitrogen and oxygen atoms in total. The second kappa shape index (κ2) is 6.12. The van der Waals surface area contributed by atoms with Crippen LogP contribution in [0.1, 0.15) is 18.6 Å². The first-order valence-electron chi connectivity index (χ1n) is 7.52. The van der Waals surface area contributed by atoms with Crippen LogP contribution in [0.4, 0.5) is 4.39 Å². The number of amides is 1. The van der Waals surface area contributed by atoms with Gasteiger partial charge in [-0.15, -0.1) is 0 Å². The smallest absolute Gasteiger partial charge is 0.225 e. The van der Waals surface area contributed by atoms with Crippen molar-refractivity contribution in [2.75, 3.05) is 32.8 Å². The molecule has 1 N–H and O–H groups in total. The molecular weight excluding hydrogens is 271 g/mol. The van der Waals surface area contributed by atoms with E-state index in [0.717, 1.165) is 13.1 Å². The number of benzene rings is 1. The molecule has 2 aliphatic heterocycles. The number of carbonyl (C=O) groups excluding carboxylic acids is 1. The number of hydrogen-bond acceptors (Lipinski definition) is 3. The van der Waals surface area contributed by atoms with Crippen LogP contribution in [-0.4, -0.2) is 43.6 Å². The van der Waals surface area contributed by atoms with Gasteiger partial charge in [0.25, 0.3) is 0 Å². The molecule has 2 aliphatic rings. The summed E-state index contributed by atoms with van der Waals surface area (Å²) in [5.74, 6) is 0.331. The second-order valence-electron chi connectivity index (χ2n) is 5.87. The largest absolute Gasteiger partial charge is 0.370 e. The van der Waals surface area contributed by atoms with Gasteiger partial charge in [-0.05, 0) is 25.1 Å². The number of rotatable bonds is 3. The summed E-state index contributed by atoms with van der Waals surface area (Å²) in [6.07, 6.45) is -0.365. The molecule has 0 radical (unpaired) electrons. The lowest BCUT2D eigenvalue weighted by Crippen LogP contribution is -2.52. The predicted molar refractivity (Wildman–Crippen MR) is 77.2 cm³/mol. The van der Waals surface area contributed by atoms with Crippen molar-refractivity contribution in [3.63, 3.8) is 0 Å². The van der Waals surface area contributed by atoms with Crippen molar-refractivity contribution >= 4 is 5.91 Å². The van der Waals surface area contributed by atoms with Gasteiger partial charge in [-0.25, -0.2) is 4.39 Å². The summed E-state index contributed by atoms with van der Waals surface area (Å²) in [6.45, 7) is 5.29. The number of halogens is 1. The minimum absolute atomic E-state index is 0.0191. The van der Waals surface area contributed by atoms with Gasteiger partial charge in [-0.3, -0.25) is 4.79 Å². The van der Waals surface area contributed by atoms with Crippen LogP contribution in [0.5, 0.6) is 0 Å². The van der Waals surface area contributed by atoms with Crippen molar-refractivity contribution in [1.29, 1.82) is 0 Å². The normalized spacial score (nSPS) is 24.5. The van der Waals surface area contributed by atoms with Crippen molar-refractivity contribution in [3.05, 3.63) is 35.6 Å². The van der Waals surface area contributed by atoms with Gasteiger partial charge in [-0.2, -0.15) is 0 Å². The fourth-order valence-electron chi connectivity index (χ4n) is 2.93. The third-order valence-electron chi connectivity index (χ3n) is 4.54. The molecule has 2 heterocycles. The molecule has 1 aromatic carbocycles. The Balaban J connectivity index is 1.68. The molecule has 0 saturated carbocycles. The summed E-state index contributed by atoms with van der Waals surface area (Å²) in [5.41, 5.74) is 0.535. The Bertz CT molecular complexity index is 519. The van der Waals surface area contributed by atoms with Gasteiger partial charge in [0.15, 0.2) is 0 Å². The minimum atomic E-state index is -0.365. The van der Waals surface area contributed by atoms with E-state index >= 15 is 0 Å². The number of nitrogens with zero attached hydrogens (tertiary/aromatic N) is 1. The first-order chi connectivity index (χ1) is 10.2. The molecule has 2 unspecified atom stereocenters. The summed E-state index contributed by atoms with van der Waals surface area (Å²) in [6, 6.07) is 6.62.